The minimum Gasteiger partial charge on any atom is -0.405 e. The molecule has 0 bridgehead atoms. The highest BCUT2D eigenvalue weighted by atomic mass is 16.2. The number of anilines is 1. The van der Waals surface area contributed by atoms with Crippen LogP contribution >= 0.6 is 0 Å². The number of nitrogens with one attached hydrogen (secondary N) is 1. The second-order valence-corrected chi connectivity index (χ2v) is 7.02. The summed E-state index contributed by atoms with van der Waals surface area (Å²) in [6.07, 6.45) is 4.51. The molecule has 2 heterocycles. The lowest BCUT2D eigenvalue weighted by molar-refractivity contribution is 0.252. The van der Waals surface area contributed by atoms with Gasteiger partial charge in [-0.1, -0.05) is 18.2 Å². The number of aryl methyl sites for hydroxylation is 1. The second-order valence-electron chi connectivity index (χ2n) is 7.02. The molecule has 0 atom stereocenters. The van der Waals surface area contributed by atoms with E-state index in [2.05, 4.69) is 15.4 Å². The Morgan fingerprint density at radius 2 is 1.97 bits per heavy atom. The first-order chi connectivity index (χ1) is 15.1. The molecule has 8 nitrogen and oxygen atoms in total. The van der Waals surface area contributed by atoms with Gasteiger partial charge >= 0.3 is 6.03 Å². The van der Waals surface area contributed by atoms with E-state index in [0.717, 1.165) is 16.9 Å². The molecular weight excluding hydrogens is 392 g/mol. The van der Waals surface area contributed by atoms with Crippen LogP contribution in [0.3, 0.4) is 0 Å². The van der Waals surface area contributed by atoms with Crippen LogP contribution in [0.5, 0.6) is 0 Å². The van der Waals surface area contributed by atoms with Crippen LogP contribution in [-0.4, -0.2) is 34.6 Å². The van der Waals surface area contributed by atoms with Gasteiger partial charge in [0.15, 0.2) is 5.69 Å². The first kappa shape index (κ1) is 20.1. The molecule has 1 fully saturated rings. The van der Waals surface area contributed by atoms with E-state index in [4.69, 9.17) is 5.73 Å². The average molecular weight is 414 g/mol. The number of nitrogens with two attached hydrogens (primary N) is 1. The second kappa shape index (κ2) is 8.66. The maximum absolute atomic E-state index is 12.6. The Bertz CT molecular complexity index is 1230. The molecule has 3 N–H and O–H groups in total. The summed E-state index contributed by atoms with van der Waals surface area (Å²) in [7, 11) is 0. The molecule has 8 heteroatoms. The van der Waals surface area contributed by atoms with Crippen molar-refractivity contribution >= 4 is 23.1 Å². The maximum Gasteiger partial charge on any atom is 0.321 e. The first-order valence-electron chi connectivity index (χ1n) is 9.85. The van der Waals surface area contributed by atoms with E-state index in [0.29, 0.717) is 24.5 Å². The number of hydrogen-bond acceptors (Lipinski definition) is 5. The number of hydrogen-bond donors (Lipinski definition) is 2. The minimum atomic E-state index is -0.257. The number of nitrogens with zero attached hydrogens (tertiary/aromatic N) is 4. The number of para-hydroxylation sites is 1. The van der Waals surface area contributed by atoms with E-state index in [-0.39, 0.29) is 17.2 Å². The molecule has 4 rings (SSSR count). The van der Waals surface area contributed by atoms with Gasteiger partial charge in [-0.15, -0.1) is 0 Å². The third-order valence-corrected chi connectivity index (χ3v) is 4.91. The third-order valence-electron chi connectivity index (χ3n) is 4.91. The van der Waals surface area contributed by atoms with Gasteiger partial charge in [0.2, 0.25) is 5.43 Å². The van der Waals surface area contributed by atoms with Gasteiger partial charge in [-0.2, -0.15) is 5.10 Å². The van der Waals surface area contributed by atoms with E-state index in [1.54, 1.807) is 21.9 Å². The van der Waals surface area contributed by atoms with E-state index in [1.807, 2.05) is 55.5 Å². The van der Waals surface area contributed by atoms with E-state index >= 15 is 0 Å². The van der Waals surface area contributed by atoms with Gasteiger partial charge in [-0.25, -0.2) is 14.5 Å². The number of amides is 2. The van der Waals surface area contributed by atoms with Gasteiger partial charge in [0.1, 0.15) is 0 Å². The molecule has 1 aromatic heterocycles. The predicted octanol–water partition coefficient (Wildman–Crippen LogP) is 2.66. The number of aromatic nitrogens is 2. The van der Waals surface area contributed by atoms with Gasteiger partial charge in [-0.05, 0) is 55.1 Å². The minimum absolute atomic E-state index is 0.105. The van der Waals surface area contributed by atoms with E-state index < -0.39 is 0 Å². The number of urea groups is 1. The molecule has 0 spiro atoms. The molecule has 31 heavy (non-hydrogen) atoms. The number of carbonyl (C=O) groups is 1. The topological polar surface area (TPSA) is 106 Å². The zero-order valence-electron chi connectivity index (χ0n) is 17.0. The van der Waals surface area contributed by atoms with Crippen molar-refractivity contribution in [3.63, 3.8) is 0 Å². The van der Waals surface area contributed by atoms with Crippen LogP contribution < -0.4 is 21.4 Å². The lowest BCUT2D eigenvalue weighted by atomic mass is 10.1. The van der Waals surface area contributed by atoms with Gasteiger partial charge in [-0.3, -0.25) is 9.69 Å². The summed E-state index contributed by atoms with van der Waals surface area (Å²) < 4.78 is 1.63. The summed E-state index contributed by atoms with van der Waals surface area (Å²) >= 11 is 0. The average Bonchev–Trinajstić information content (AvgIpc) is 3.20. The van der Waals surface area contributed by atoms with Gasteiger partial charge in [0, 0.05) is 31.0 Å². The Balaban J connectivity index is 1.74. The van der Waals surface area contributed by atoms with Crippen LogP contribution in [0.2, 0.25) is 0 Å². The summed E-state index contributed by atoms with van der Waals surface area (Å²) in [5, 5.41) is 7.33. The highest BCUT2D eigenvalue weighted by Crippen LogP contribution is 2.23. The standard InChI is InChI=1S/C23H22N6O2/c1-16-15-18(28-14-12-25-23(28)31)7-8-20(16)29-13-10-21(30)22(27-29)19(9-11-24)26-17-5-3-2-4-6-17/h2-11,13,15H,12,14,24H2,1H3,(H,25,31). The van der Waals surface area contributed by atoms with Crippen molar-refractivity contribution in [1.29, 1.82) is 0 Å². The smallest absolute Gasteiger partial charge is 0.321 e. The van der Waals surface area contributed by atoms with Crippen LogP contribution in [0, 0.1) is 6.92 Å². The Labute approximate surface area is 179 Å². The third kappa shape index (κ3) is 4.23. The van der Waals surface area contributed by atoms with Crippen molar-refractivity contribution < 1.29 is 4.79 Å². The van der Waals surface area contributed by atoms with E-state index in [1.165, 1.54) is 12.3 Å². The summed E-state index contributed by atoms with van der Waals surface area (Å²) in [6, 6.07) is 16.3. The quantitative estimate of drug-likeness (QED) is 0.626. The fourth-order valence-corrected chi connectivity index (χ4v) is 3.40. The Morgan fingerprint density at radius 1 is 1.16 bits per heavy atom. The summed E-state index contributed by atoms with van der Waals surface area (Å²) in [4.78, 5) is 30.7. The molecule has 156 valence electrons. The summed E-state index contributed by atoms with van der Waals surface area (Å²) in [6.45, 7) is 3.19. The zero-order chi connectivity index (χ0) is 21.8. The van der Waals surface area contributed by atoms with Crippen molar-refractivity contribution in [3.05, 3.63) is 94.6 Å². The van der Waals surface area contributed by atoms with Crippen LogP contribution in [-0.2, 0) is 0 Å². The van der Waals surface area contributed by atoms with Gasteiger partial charge in [0.05, 0.1) is 17.1 Å². The van der Waals surface area contributed by atoms with Crippen LogP contribution in [0.1, 0.15) is 11.3 Å². The van der Waals surface area contributed by atoms with Crippen molar-refractivity contribution in [3.8, 4) is 5.69 Å². The molecule has 0 radical (unpaired) electrons. The van der Waals surface area contributed by atoms with Gasteiger partial charge in [0.25, 0.3) is 0 Å². The largest absolute Gasteiger partial charge is 0.405 e. The van der Waals surface area contributed by atoms with Crippen LogP contribution in [0.25, 0.3) is 5.69 Å². The number of allylic oxidation sites excluding steroid dienone is 1. The SMILES string of the molecule is Cc1cc(N2CCNC2=O)ccc1-n1ccc(=O)c(C(C=CN)=Nc2ccccc2)n1. The highest BCUT2D eigenvalue weighted by molar-refractivity contribution is 6.08. The van der Waals surface area contributed by atoms with Crippen LogP contribution in [0.4, 0.5) is 16.2 Å². The summed E-state index contributed by atoms with van der Waals surface area (Å²) in [5.41, 5.74) is 9.11. The van der Waals surface area contributed by atoms with Gasteiger partial charge < -0.3 is 11.1 Å². The molecule has 1 saturated heterocycles. The molecule has 3 aromatic rings. The highest BCUT2D eigenvalue weighted by Gasteiger charge is 2.21. The zero-order valence-corrected chi connectivity index (χ0v) is 17.0. The molecule has 0 unspecified atom stereocenters. The molecule has 2 amide bonds. The molecule has 2 aromatic carbocycles. The van der Waals surface area contributed by atoms with Crippen molar-refractivity contribution in [1.82, 2.24) is 15.1 Å². The molecule has 0 aliphatic carbocycles. The van der Waals surface area contributed by atoms with Crippen molar-refractivity contribution in [2.24, 2.45) is 10.7 Å². The molecular formula is C23H22N6O2. The Kier molecular flexibility index (Phi) is 5.61. The maximum atomic E-state index is 12.6. The van der Waals surface area contributed by atoms with Crippen molar-refractivity contribution in [2.45, 2.75) is 6.92 Å². The number of carbonyl (C=O) groups excluding carboxylic acids is 1. The summed E-state index contributed by atoms with van der Waals surface area (Å²) in [5.74, 6) is 0. The lowest BCUT2D eigenvalue weighted by Crippen LogP contribution is -2.27. The normalized spacial score (nSPS) is 14.3. The number of rotatable bonds is 5. The molecule has 1 aliphatic heterocycles. The first-order valence-corrected chi connectivity index (χ1v) is 9.85. The predicted molar refractivity (Wildman–Crippen MR) is 121 cm³/mol. The van der Waals surface area contributed by atoms with Crippen molar-refractivity contribution in [2.75, 3.05) is 18.0 Å². The fourth-order valence-electron chi connectivity index (χ4n) is 3.40. The van der Waals surface area contributed by atoms with Crippen LogP contribution in [0.15, 0.2) is 82.9 Å². The van der Waals surface area contributed by atoms with E-state index in [9.17, 15) is 9.59 Å². The monoisotopic (exact) mass is 414 g/mol. The fraction of sp³-hybridized carbons (Fsp3) is 0.130. The lowest BCUT2D eigenvalue weighted by Gasteiger charge is -2.17. The molecule has 1 aliphatic rings. The Morgan fingerprint density at radius 3 is 2.65 bits per heavy atom. The number of benzene rings is 2. The Hall–Kier alpha value is -4.20. The molecule has 0 saturated carbocycles. The number of aliphatic imine (C=N–C) groups is 1.